The van der Waals surface area contributed by atoms with Crippen LogP contribution in [0.1, 0.15) is 12.8 Å². The third kappa shape index (κ3) is 2.27. The second-order valence-corrected chi connectivity index (χ2v) is 7.91. The molecule has 1 unspecified atom stereocenters. The van der Waals surface area contributed by atoms with Crippen molar-refractivity contribution in [3.63, 3.8) is 0 Å². The Labute approximate surface area is 117 Å². The minimum absolute atomic E-state index is 0.239. The predicted molar refractivity (Wildman–Crippen MR) is 72.0 cm³/mol. The van der Waals surface area contributed by atoms with Gasteiger partial charge in [0, 0.05) is 6.07 Å². The number of benzene rings is 1. The molecule has 0 saturated carbocycles. The summed E-state index contributed by atoms with van der Waals surface area (Å²) in [5, 5.41) is 7.37. The van der Waals surface area contributed by atoms with Crippen molar-refractivity contribution in [1.29, 1.82) is 0 Å². The number of hydrogen-bond donors (Lipinski definition) is 0. The maximum atomic E-state index is 13.4. The molecule has 0 spiro atoms. The maximum absolute atomic E-state index is 13.4. The zero-order valence-corrected chi connectivity index (χ0v) is 12.3. The summed E-state index contributed by atoms with van der Waals surface area (Å²) >= 11 is 3.11. The summed E-state index contributed by atoms with van der Waals surface area (Å²) < 4.78 is 38.8. The number of fused-ring (bicyclic) bond motifs is 1. The molecule has 1 aliphatic heterocycles. The highest BCUT2D eigenvalue weighted by Gasteiger charge is 2.32. The number of nitrogens with zero attached hydrogens (tertiary/aromatic N) is 3. The summed E-state index contributed by atoms with van der Waals surface area (Å²) in [5.41, 5.74) is 1.06. The van der Waals surface area contributed by atoms with Gasteiger partial charge in [0.15, 0.2) is 9.84 Å². The average molecular weight is 348 g/mol. The van der Waals surface area contributed by atoms with Crippen molar-refractivity contribution in [3.8, 4) is 0 Å². The molecule has 19 heavy (non-hydrogen) atoms. The van der Waals surface area contributed by atoms with Crippen molar-refractivity contribution in [1.82, 2.24) is 15.0 Å². The lowest BCUT2D eigenvalue weighted by Gasteiger charge is -2.09. The van der Waals surface area contributed by atoms with E-state index in [1.54, 1.807) is 6.07 Å². The Bertz CT molecular complexity index is 744. The number of aromatic nitrogens is 3. The Hall–Kier alpha value is -1.02. The summed E-state index contributed by atoms with van der Waals surface area (Å²) in [6.45, 7) is 0.275. The van der Waals surface area contributed by atoms with Gasteiger partial charge in [0.1, 0.15) is 11.3 Å². The van der Waals surface area contributed by atoms with Crippen molar-refractivity contribution in [2.45, 2.75) is 24.6 Å². The number of rotatable bonds is 2. The first-order valence-electron chi connectivity index (χ1n) is 5.87. The van der Waals surface area contributed by atoms with Crippen molar-refractivity contribution in [2.24, 2.45) is 0 Å². The number of hydrogen-bond acceptors (Lipinski definition) is 4. The van der Waals surface area contributed by atoms with Crippen LogP contribution in [0.4, 0.5) is 4.39 Å². The average Bonchev–Trinajstić information content (AvgIpc) is 2.86. The first kappa shape index (κ1) is 13.0. The lowest BCUT2D eigenvalue weighted by molar-refractivity contribution is 0.540. The standard InChI is InChI=1S/C11H11BrFN3O2S/c12-8-4-11-10(5-9(8)13)14-15-16(11)6-7-2-1-3-19(7,17)18/h4-5,7H,1-3,6H2. The fourth-order valence-electron chi connectivity index (χ4n) is 2.35. The largest absolute Gasteiger partial charge is 0.243 e. The van der Waals surface area contributed by atoms with E-state index in [0.717, 1.165) is 0 Å². The van der Waals surface area contributed by atoms with E-state index in [1.165, 1.54) is 10.7 Å². The van der Waals surface area contributed by atoms with Crippen LogP contribution in [0.5, 0.6) is 0 Å². The van der Waals surface area contributed by atoms with Gasteiger partial charge in [-0.15, -0.1) is 5.10 Å². The lowest BCUT2D eigenvalue weighted by Crippen LogP contribution is -2.22. The Morgan fingerprint density at radius 3 is 2.95 bits per heavy atom. The SMILES string of the molecule is O=S1(=O)CCCC1Cn1nnc2cc(F)c(Br)cc21. The van der Waals surface area contributed by atoms with Crippen LogP contribution in [0, 0.1) is 5.82 Å². The molecule has 1 aromatic carbocycles. The Morgan fingerprint density at radius 1 is 1.47 bits per heavy atom. The summed E-state index contributed by atoms with van der Waals surface area (Å²) in [7, 11) is -3.02. The highest BCUT2D eigenvalue weighted by Crippen LogP contribution is 2.25. The van der Waals surface area contributed by atoms with Crippen LogP contribution in [0.15, 0.2) is 16.6 Å². The third-order valence-corrected chi connectivity index (χ3v) is 6.26. The highest BCUT2D eigenvalue weighted by molar-refractivity contribution is 9.10. The number of sulfone groups is 1. The molecule has 2 heterocycles. The van der Waals surface area contributed by atoms with E-state index in [1.807, 2.05) is 0 Å². The topological polar surface area (TPSA) is 64.8 Å². The summed E-state index contributed by atoms with van der Waals surface area (Å²) in [6.07, 6.45) is 1.34. The second-order valence-electron chi connectivity index (χ2n) is 4.66. The van der Waals surface area contributed by atoms with Crippen molar-refractivity contribution in [3.05, 3.63) is 22.4 Å². The van der Waals surface area contributed by atoms with Crippen molar-refractivity contribution in [2.75, 3.05) is 5.75 Å². The zero-order valence-electron chi connectivity index (χ0n) is 9.88. The molecule has 1 atom stereocenters. The number of halogens is 2. The van der Waals surface area contributed by atoms with Crippen LogP contribution in [0.2, 0.25) is 0 Å². The van der Waals surface area contributed by atoms with Gasteiger partial charge in [-0.05, 0) is 34.8 Å². The third-order valence-electron chi connectivity index (χ3n) is 3.40. The van der Waals surface area contributed by atoms with Gasteiger partial charge in [0.25, 0.3) is 0 Å². The monoisotopic (exact) mass is 347 g/mol. The first-order chi connectivity index (χ1) is 8.97. The van der Waals surface area contributed by atoms with Gasteiger partial charge in [-0.1, -0.05) is 5.21 Å². The lowest BCUT2D eigenvalue weighted by atomic mass is 10.2. The van der Waals surface area contributed by atoms with E-state index in [-0.39, 0.29) is 12.3 Å². The molecular formula is C11H11BrFN3O2S. The second kappa shape index (κ2) is 4.52. The molecule has 2 aromatic rings. The smallest absolute Gasteiger partial charge is 0.154 e. The van der Waals surface area contributed by atoms with Gasteiger partial charge < -0.3 is 0 Å². The van der Waals surface area contributed by atoms with Crippen molar-refractivity contribution < 1.29 is 12.8 Å². The molecule has 1 aromatic heterocycles. The first-order valence-corrected chi connectivity index (χ1v) is 8.38. The molecule has 0 radical (unpaired) electrons. The van der Waals surface area contributed by atoms with Crippen LogP contribution < -0.4 is 0 Å². The van der Waals surface area contributed by atoms with E-state index in [4.69, 9.17) is 0 Å². The Balaban J connectivity index is 2.00. The van der Waals surface area contributed by atoms with E-state index in [2.05, 4.69) is 26.2 Å². The van der Waals surface area contributed by atoms with Crippen LogP contribution in [-0.2, 0) is 16.4 Å². The molecular weight excluding hydrogens is 337 g/mol. The van der Waals surface area contributed by atoms with Gasteiger partial charge in [0.2, 0.25) is 0 Å². The maximum Gasteiger partial charge on any atom is 0.154 e. The zero-order chi connectivity index (χ0) is 13.6. The summed E-state index contributed by atoms with van der Waals surface area (Å²) in [4.78, 5) is 0. The van der Waals surface area contributed by atoms with Crippen LogP contribution in [-0.4, -0.2) is 34.4 Å². The normalized spacial score (nSPS) is 22.1. The van der Waals surface area contributed by atoms with E-state index in [9.17, 15) is 12.8 Å². The summed E-state index contributed by atoms with van der Waals surface area (Å²) in [6, 6.07) is 2.86. The van der Waals surface area contributed by atoms with E-state index < -0.39 is 20.9 Å². The molecule has 0 bridgehead atoms. The van der Waals surface area contributed by atoms with Gasteiger partial charge in [-0.2, -0.15) is 0 Å². The molecule has 1 fully saturated rings. The van der Waals surface area contributed by atoms with Crippen molar-refractivity contribution >= 4 is 36.8 Å². The summed E-state index contributed by atoms with van der Waals surface area (Å²) in [5.74, 6) is -0.171. The van der Waals surface area contributed by atoms with E-state index >= 15 is 0 Å². The molecule has 0 aliphatic carbocycles. The minimum atomic E-state index is -3.02. The van der Waals surface area contributed by atoms with E-state index in [0.29, 0.717) is 28.3 Å². The quantitative estimate of drug-likeness (QED) is 0.832. The van der Waals surface area contributed by atoms with Crippen LogP contribution in [0.25, 0.3) is 11.0 Å². The molecule has 8 heteroatoms. The van der Waals surface area contributed by atoms with Gasteiger partial charge >= 0.3 is 0 Å². The molecule has 3 rings (SSSR count). The predicted octanol–water partition coefficient (Wildman–Crippen LogP) is 1.91. The molecule has 102 valence electrons. The fraction of sp³-hybridized carbons (Fsp3) is 0.455. The van der Waals surface area contributed by atoms with Crippen LogP contribution in [0.3, 0.4) is 0 Å². The minimum Gasteiger partial charge on any atom is -0.243 e. The Kier molecular flexibility index (Phi) is 3.09. The molecule has 0 N–H and O–H groups in total. The molecule has 0 amide bonds. The Morgan fingerprint density at radius 2 is 2.26 bits per heavy atom. The molecule has 5 nitrogen and oxygen atoms in total. The molecule has 1 saturated heterocycles. The van der Waals surface area contributed by atoms with Crippen LogP contribution >= 0.6 is 15.9 Å². The molecule has 1 aliphatic rings. The fourth-order valence-corrected chi connectivity index (χ4v) is 4.48. The van der Waals surface area contributed by atoms with Gasteiger partial charge in [-0.3, -0.25) is 0 Å². The highest BCUT2D eigenvalue weighted by atomic mass is 79.9. The van der Waals surface area contributed by atoms with Gasteiger partial charge in [0.05, 0.1) is 27.5 Å². The van der Waals surface area contributed by atoms with Gasteiger partial charge in [-0.25, -0.2) is 17.5 Å².